The normalized spacial score (nSPS) is 17.6. The molecule has 25 heavy (non-hydrogen) atoms. The summed E-state index contributed by atoms with van der Waals surface area (Å²) in [5, 5.41) is 6.97. The Labute approximate surface area is 154 Å². The fourth-order valence-corrected chi connectivity index (χ4v) is 3.48. The number of rotatable bonds is 5. The molecule has 132 valence electrons. The van der Waals surface area contributed by atoms with Crippen LogP contribution in [0.4, 0.5) is 5.69 Å². The van der Waals surface area contributed by atoms with Crippen molar-refractivity contribution in [3.8, 4) is 0 Å². The second-order valence-corrected chi connectivity index (χ2v) is 7.06. The van der Waals surface area contributed by atoms with Crippen molar-refractivity contribution in [2.24, 2.45) is 4.99 Å². The van der Waals surface area contributed by atoms with Gasteiger partial charge < -0.3 is 15.5 Å². The van der Waals surface area contributed by atoms with Crippen LogP contribution in [0.5, 0.6) is 0 Å². The van der Waals surface area contributed by atoms with Crippen LogP contribution < -0.4 is 15.5 Å². The topological polar surface area (TPSA) is 39.7 Å². The zero-order chi connectivity index (χ0) is 17.5. The predicted octanol–water partition coefficient (Wildman–Crippen LogP) is 3.35. The van der Waals surface area contributed by atoms with E-state index in [2.05, 4.69) is 81.4 Å². The summed E-state index contributed by atoms with van der Waals surface area (Å²) < 4.78 is 0. The van der Waals surface area contributed by atoms with Gasteiger partial charge in [-0.1, -0.05) is 30.3 Å². The van der Waals surface area contributed by atoms with Crippen molar-refractivity contribution < 1.29 is 0 Å². The van der Waals surface area contributed by atoms with Crippen LogP contribution in [0.3, 0.4) is 0 Å². The summed E-state index contributed by atoms with van der Waals surface area (Å²) >= 11 is 1.76. The van der Waals surface area contributed by atoms with Gasteiger partial charge in [0, 0.05) is 43.3 Å². The predicted molar refractivity (Wildman–Crippen MR) is 109 cm³/mol. The van der Waals surface area contributed by atoms with Crippen molar-refractivity contribution in [3.63, 3.8) is 0 Å². The number of nitrogens with one attached hydrogen (secondary N) is 2. The fraction of sp³-hybridized carbons (Fsp3) is 0.350. The third kappa shape index (κ3) is 4.92. The van der Waals surface area contributed by atoms with Gasteiger partial charge in [-0.15, -0.1) is 11.8 Å². The second kappa shape index (κ2) is 8.81. The molecule has 0 spiro atoms. The molecular weight excluding hydrogens is 328 g/mol. The molecule has 0 aliphatic carbocycles. The Kier molecular flexibility index (Phi) is 6.23. The molecule has 2 aromatic carbocycles. The minimum Gasteiger partial charge on any atom is -0.369 e. The molecule has 5 heteroatoms. The Morgan fingerprint density at radius 2 is 1.92 bits per heavy atom. The first kappa shape index (κ1) is 17.7. The Hall–Kier alpha value is -2.14. The number of para-hydroxylation sites is 1. The number of anilines is 1. The summed E-state index contributed by atoms with van der Waals surface area (Å²) in [4.78, 5) is 8.08. The van der Waals surface area contributed by atoms with Crippen LogP contribution >= 0.6 is 11.8 Å². The molecule has 3 rings (SSSR count). The molecule has 1 heterocycles. The zero-order valence-corrected chi connectivity index (χ0v) is 15.7. The number of nitrogens with zero attached hydrogens (tertiary/aromatic N) is 2. The smallest absolute Gasteiger partial charge is 0.191 e. The number of hydrogen-bond acceptors (Lipinski definition) is 3. The molecule has 0 amide bonds. The van der Waals surface area contributed by atoms with Gasteiger partial charge >= 0.3 is 0 Å². The van der Waals surface area contributed by atoms with Crippen molar-refractivity contribution in [2.75, 3.05) is 31.3 Å². The van der Waals surface area contributed by atoms with E-state index in [9.17, 15) is 0 Å². The van der Waals surface area contributed by atoms with Crippen molar-refractivity contribution in [3.05, 3.63) is 60.2 Å². The molecule has 0 aromatic heterocycles. The van der Waals surface area contributed by atoms with Crippen LogP contribution in [0, 0.1) is 0 Å². The van der Waals surface area contributed by atoms with Gasteiger partial charge in [-0.25, -0.2) is 0 Å². The van der Waals surface area contributed by atoms with Gasteiger partial charge in [-0.2, -0.15) is 0 Å². The highest BCUT2D eigenvalue weighted by Gasteiger charge is 2.23. The highest BCUT2D eigenvalue weighted by Crippen LogP contribution is 2.19. The Bertz CT molecular complexity index is 685. The molecule has 1 aliphatic heterocycles. The van der Waals surface area contributed by atoms with E-state index in [0.29, 0.717) is 6.04 Å². The van der Waals surface area contributed by atoms with Gasteiger partial charge in [0.15, 0.2) is 5.96 Å². The van der Waals surface area contributed by atoms with E-state index in [4.69, 9.17) is 0 Å². The van der Waals surface area contributed by atoms with Gasteiger partial charge in [0.1, 0.15) is 0 Å². The lowest BCUT2D eigenvalue weighted by Crippen LogP contribution is -2.44. The van der Waals surface area contributed by atoms with E-state index in [0.717, 1.165) is 32.0 Å². The molecule has 4 nitrogen and oxygen atoms in total. The minimum atomic E-state index is 0.422. The fourth-order valence-electron chi connectivity index (χ4n) is 3.07. The van der Waals surface area contributed by atoms with Crippen LogP contribution in [-0.2, 0) is 6.54 Å². The SMILES string of the molecule is CN=C(NCc1ccc(SC)cc1)NC1CCN(c2ccccc2)C1. The molecule has 1 saturated heterocycles. The third-order valence-corrected chi connectivity index (χ3v) is 5.24. The molecule has 1 unspecified atom stereocenters. The molecule has 0 saturated carbocycles. The van der Waals surface area contributed by atoms with Crippen LogP contribution in [0.25, 0.3) is 0 Å². The van der Waals surface area contributed by atoms with Crippen molar-refractivity contribution in [1.82, 2.24) is 10.6 Å². The zero-order valence-electron chi connectivity index (χ0n) is 14.9. The van der Waals surface area contributed by atoms with E-state index in [-0.39, 0.29) is 0 Å². The van der Waals surface area contributed by atoms with Crippen LogP contribution in [0.15, 0.2) is 64.5 Å². The highest BCUT2D eigenvalue weighted by atomic mass is 32.2. The van der Waals surface area contributed by atoms with E-state index < -0.39 is 0 Å². The molecular formula is C20H26N4S. The van der Waals surface area contributed by atoms with Crippen LogP contribution in [0.2, 0.25) is 0 Å². The van der Waals surface area contributed by atoms with Gasteiger partial charge in [-0.05, 0) is 42.5 Å². The summed E-state index contributed by atoms with van der Waals surface area (Å²) in [6, 6.07) is 19.7. The van der Waals surface area contributed by atoms with Crippen LogP contribution in [0.1, 0.15) is 12.0 Å². The van der Waals surface area contributed by atoms with Gasteiger partial charge in [0.2, 0.25) is 0 Å². The maximum atomic E-state index is 4.37. The van der Waals surface area contributed by atoms with Crippen molar-refractivity contribution in [2.45, 2.75) is 23.9 Å². The average Bonchev–Trinajstić information content (AvgIpc) is 3.15. The average molecular weight is 355 g/mol. The van der Waals surface area contributed by atoms with Crippen molar-refractivity contribution >= 4 is 23.4 Å². The maximum absolute atomic E-state index is 4.37. The molecule has 0 bridgehead atoms. The highest BCUT2D eigenvalue weighted by molar-refractivity contribution is 7.98. The number of hydrogen-bond donors (Lipinski definition) is 2. The molecule has 1 aliphatic rings. The quantitative estimate of drug-likeness (QED) is 0.491. The lowest BCUT2D eigenvalue weighted by Gasteiger charge is -2.20. The Balaban J connectivity index is 1.49. The first-order chi connectivity index (χ1) is 12.3. The number of benzene rings is 2. The molecule has 2 N–H and O–H groups in total. The minimum absolute atomic E-state index is 0.422. The monoisotopic (exact) mass is 354 g/mol. The van der Waals surface area contributed by atoms with Crippen LogP contribution in [-0.4, -0.2) is 38.4 Å². The van der Waals surface area contributed by atoms with Gasteiger partial charge in [0.05, 0.1) is 0 Å². The molecule has 0 radical (unpaired) electrons. The summed E-state index contributed by atoms with van der Waals surface area (Å²) in [5.74, 6) is 0.869. The number of guanidine groups is 1. The van der Waals surface area contributed by atoms with E-state index in [1.165, 1.54) is 16.1 Å². The van der Waals surface area contributed by atoms with Gasteiger partial charge in [0.25, 0.3) is 0 Å². The largest absolute Gasteiger partial charge is 0.369 e. The number of thioether (sulfide) groups is 1. The van der Waals surface area contributed by atoms with Crippen molar-refractivity contribution in [1.29, 1.82) is 0 Å². The lowest BCUT2D eigenvalue weighted by molar-refractivity contribution is 0.648. The maximum Gasteiger partial charge on any atom is 0.191 e. The second-order valence-electron chi connectivity index (χ2n) is 6.19. The Morgan fingerprint density at radius 1 is 1.16 bits per heavy atom. The standard InChI is InChI=1S/C20H26N4S/c1-21-20(22-14-16-8-10-19(25-2)11-9-16)23-17-12-13-24(15-17)18-6-4-3-5-7-18/h3-11,17H,12-15H2,1-2H3,(H2,21,22,23). The summed E-state index contributed by atoms with van der Waals surface area (Å²) in [7, 11) is 1.83. The summed E-state index contributed by atoms with van der Waals surface area (Å²) in [6.45, 7) is 2.87. The number of aliphatic imine (C=N–C) groups is 1. The third-order valence-electron chi connectivity index (χ3n) is 4.49. The molecule has 2 aromatic rings. The van der Waals surface area contributed by atoms with E-state index in [1.54, 1.807) is 11.8 Å². The van der Waals surface area contributed by atoms with Gasteiger partial charge in [-0.3, -0.25) is 4.99 Å². The summed E-state index contributed by atoms with van der Waals surface area (Å²) in [6.07, 6.45) is 3.22. The Morgan fingerprint density at radius 3 is 2.60 bits per heavy atom. The molecule has 1 fully saturated rings. The first-order valence-corrected chi connectivity index (χ1v) is 9.91. The van der Waals surface area contributed by atoms with E-state index in [1.807, 2.05) is 7.05 Å². The first-order valence-electron chi connectivity index (χ1n) is 8.68. The summed E-state index contributed by atoms with van der Waals surface area (Å²) in [5.41, 5.74) is 2.56. The molecule has 1 atom stereocenters. The van der Waals surface area contributed by atoms with E-state index >= 15 is 0 Å². The lowest BCUT2D eigenvalue weighted by atomic mass is 10.2.